The maximum absolute atomic E-state index is 12.5. The molecule has 0 atom stereocenters. The number of nitrogens with zero attached hydrogens (tertiary/aromatic N) is 2. The second kappa shape index (κ2) is 9.57. The van der Waals surface area contributed by atoms with Crippen LogP contribution < -0.4 is 10.6 Å². The molecule has 0 unspecified atom stereocenters. The standard InChI is InChI=1S/C26H22N4O2/c1-19(31)27-22-11-8-12-23(17-22)28-25(32)16-15-21-18-30(24-13-6-3-7-14-24)29-26(21)20-9-4-2-5-10-20/h2-18H,1H3,(H,27,31)(H,28,32). The van der Waals surface area contributed by atoms with E-state index in [0.29, 0.717) is 11.4 Å². The van der Waals surface area contributed by atoms with Gasteiger partial charge in [-0.2, -0.15) is 5.10 Å². The number of hydrogen-bond donors (Lipinski definition) is 2. The van der Waals surface area contributed by atoms with Gasteiger partial charge in [-0.3, -0.25) is 9.59 Å². The first-order chi connectivity index (χ1) is 15.6. The minimum atomic E-state index is -0.281. The highest BCUT2D eigenvalue weighted by Crippen LogP contribution is 2.25. The number of aromatic nitrogens is 2. The number of benzene rings is 3. The number of nitrogens with one attached hydrogen (secondary N) is 2. The van der Waals surface area contributed by atoms with Crippen LogP contribution in [0.2, 0.25) is 0 Å². The third kappa shape index (κ3) is 5.17. The van der Waals surface area contributed by atoms with Gasteiger partial charge < -0.3 is 10.6 Å². The molecule has 0 saturated heterocycles. The Morgan fingerprint density at radius 1 is 0.844 bits per heavy atom. The quantitative estimate of drug-likeness (QED) is 0.422. The molecule has 0 aliphatic carbocycles. The Morgan fingerprint density at radius 2 is 1.50 bits per heavy atom. The fourth-order valence-electron chi connectivity index (χ4n) is 3.27. The van der Waals surface area contributed by atoms with Gasteiger partial charge in [0, 0.05) is 41.7 Å². The predicted octanol–water partition coefficient (Wildman–Crippen LogP) is 5.15. The van der Waals surface area contributed by atoms with Crippen molar-refractivity contribution < 1.29 is 9.59 Å². The first-order valence-electron chi connectivity index (χ1n) is 10.2. The molecule has 4 aromatic rings. The summed E-state index contributed by atoms with van der Waals surface area (Å²) in [6.07, 6.45) is 5.13. The van der Waals surface area contributed by atoms with Gasteiger partial charge in [0.05, 0.1) is 11.4 Å². The van der Waals surface area contributed by atoms with Crippen molar-refractivity contribution in [3.05, 3.63) is 103 Å². The number of para-hydroxylation sites is 1. The molecule has 0 aliphatic heterocycles. The van der Waals surface area contributed by atoms with Gasteiger partial charge in [0.1, 0.15) is 0 Å². The van der Waals surface area contributed by atoms with Crippen LogP contribution in [0.15, 0.2) is 97.2 Å². The second-order valence-corrected chi connectivity index (χ2v) is 7.16. The molecule has 0 fully saturated rings. The van der Waals surface area contributed by atoms with E-state index in [4.69, 9.17) is 5.10 Å². The van der Waals surface area contributed by atoms with Gasteiger partial charge in [0.15, 0.2) is 0 Å². The number of carbonyl (C=O) groups is 2. The van der Waals surface area contributed by atoms with E-state index in [9.17, 15) is 9.59 Å². The number of carbonyl (C=O) groups excluding carboxylic acids is 2. The van der Waals surface area contributed by atoms with Crippen molar-refractivity contribution in [1.29, 1.82) is 0 Å². The topological polar surface area (TPSA) is 76.0 Å². The Morgan fingerprint density at radius 3 is 2.19 bits per heavy atom. The van der Waals surface area contributed by atoms with Crippen molar-refractivity contribution in [2.75, 3.05) is 10.6 Å². The Kier molecular flexibility index (Phi) is 6.22. The highest BCUT2D eigenvalue weighted by molar-refractivity contribution is 6.02. The molecule has 1 aromatic heterocycles. The molecular formula is C26H22N4O2. The SMILES string of the molecule is CC(=O)Nc1cccc(NC(=O)C=Cc2cn(-c3ccccc3)nc2-c2ccccc2)c1. The first-order valence-corrected chi connectivity index (χ1v) is 10.2. The van der Waals surface area contributed by atoms with Gasteiger partial charge in [-0.15, -0.1) is 0 Å². The van der Waals surface area contributed by atoms with Gasteiger partial charge in [-0.05, 0) is 36.4 Å². The maximum Gasteiger partial charge on any atom is 0.248 e. The van der Waals surface area contributed by atoms with Gasteiger partial charge in [-0.1, -0.05) is 54.6 Å². The molecule has 6 heteroatoms. The van der Waals surface area contributed by atoms with E-state index in [-0.39, 0.29) is 11.8 Å². The zero-order valence-electron chi connectivity index (χ0n) is 17.5. The van der Waals surface area contributed by atoms with E-state index in [1.54, 1.807) is 35.0 Å². The molecule has 4 rings (SSSR count). The van der Waals surface area contributed by atoms with Crippen molar-refractivity contribution in [2.45, 2.75) is 6.92 Å². The lowest BCUT2D eigenvalue weighted by Gasteiger charge is -2.06. The molecule has 1 heterocycles. The number of amides is 2. The van der Waals surface area contributed by atoms with Crippen molar-refractivity contribution in [3.63, 3.8) is 0 Å². The highest BCUT2D eigenvalue weighted by atomic mass is 16.2. The van der Waals surface area contributed by atoms with Crippen molar-refractivity contribution in [1.82, 2.24) is 9.78 Å². The third-order valence-corrected chi connectivity index (χ3v) is 4.68. The van der Waals surface area contributed by atoms with Crippen molar-refractivity contribution in [3.8, 4) is 16.9 Å². The summed E-state index contributed by atoms with van der Waals surface area (Å²) in [4.78, 5) is 23.8. The van der Waals surface area contributed by atoms with Crippen LogP contribution in [0.3, 0.4) is 0 Å². The summed E-state index contributed by atoms with van der Waals surface area (Å²) in [5.74, 6) is -0.450. The van der Waals surface area contributed by atoms with Gasteiger partial charge in [-0.25, -0.2) is 4.68 Å². The average molecular weight is 422 g/mol. The first kappa shape index (κ1) is 20.8. The fourth-order valence-corrected chi connectivity index (χ4v) is 3.27. The maximum atomic E-state index is 12.5. The molecule has 0 saturated carbocycles. The van der Waals surface area contributed by atoms with Crippen molar-refractivity contribution in [2.24, 2.45) is 0 Å². The Balaban J connectivity index is 1.58. The van der Waals surface area contributed by atoms with E-state index in [0.717, 1.165) is 22.5 Å². The lowest BCUT2D eigenvalue weighted by atomic mass is 10.1. The normalized spacial score (nSPS) is 10.8. The molecule has 2 amide bonds. The molecule has 158 valence electrons. The molecule has 32 heavy (non-hydrogen) atoms. The largest absolute Gasteiger partial charge is 0.326 e. The van der Waals surface area contributed by atoms with E-state index in [2.05, 4.69) is 10.6 Å². The average Bonchev–Trinajstić information content (AvgIpc) is 3.23. The van der Waals surface area contributed by atoms with E-state index in [1.165, 1.54) is 13.0 Å². The molecule has 0 radical (unpaired) electrons. The zero-order valence-corrected chi connectivity index (χ0v) is 17.5. The summed E-state index contributed by atoms with van der Waals surface area (Å²) in [5.41, 5.74) is 4.71. The third-order valence-electron chi connectivity index (χ3n) is 4.68. The summed E-state index contributed by atoms with van der Waals surface area (Å²) in [7, 11) is 0. The monoisotopic (exact) mass is 422 g/mol. The van der Waals surface area contributed by atoms with Crippen LogP contribution in [0.4, 0.5) is 11.4 Å². The fraction of sp³-hybridized carbons (Fsp3) is 0.0385. The van der Waals surface area contributed by atoms with Crippen LogP contribution in [0.5, 0.6) is 0 Å². The smallest absolute Gasteiger partial charge is 0.248 e. The lowest BCUT2D eigenvalue weighted by molar-refractivity contribution is -0.114. The van der Waals surface area contributed by atoms with Crippen LogP contribution in [-0.4, -0.2) is 21.6 Å². The summed E-state index contributed by atoms with van der Waals surface area (Å²) >= 11 is 0. The van der Waals surface area contributed by atoms with E-state index >= 15 is 0 Å². The predicted molar refractivity (Wildman–Crippen MR) is 127 cm³/mol. The molecule has 2 N–H and O–H groups in total. The van der Waals surface area contributed by atoms with Crippen LogP contribution in [-0.2, 0) is 9.59 Å². The van der Waals surface area contributed by atoms with Crippen LogP contribution in [0.25, 0.3) is 23.0 Å². The van der Waals surface area contributed by atoms with Gasteiger partial charge >= 0.3 is 0 Å². The Labute approximate surface area is 186 Å². The second-order valence-electron chi connectivity index (χ2n) is 7.16. The zero-order chi connectivity index (χ0) is 22.3. The number of hydrogen-bond acceptors (Lipinski definition) is 3. The van der Waals surface area contributed by atoms with Crippen LogP contribution >= 0.6 is 0 Å². The Hall–Kier alpha value is -4.45. The molecule has 0 aliphatic rings. The summed E-state index contributed by atoms with van der Waals surface area (Å²) < 4.78 is 1.80. The summed E-state index contributed by atoms with van der Waals surface area (Å²) in [5, 5.41) is 10.3. The Bertz CT molecular complexity index is 1260. The molecule has 6 nitrogen and oxygen atoms in total. The summed E-state index contributed by atoms with van der Waals surface area (Å²) in [6.45, 7) is 1.44. The van der Waals surface area contributed by atoms with Crippen LogP contribution in [0.1, 0.15) is 12.5 Å². The summed E-state index contributed by atoms with van der Waals surface area (Å²) in [6, 6.07) is 26.7. The van der Waals surface area contributed by atoms with Crippen molar-refractivity contribution >= 4 is 29.3 Å². The molecule has 0 bridgehead atoms. The molecule has 3 aromatic carbocycles. The minimum absolute atomic E-state index is 0.169. The molecule has 0 spiro atoms. The van der Waals surface area contributed by atoms with E-state index < -0.39 is 0 Å². The number of anilines is 2. The van der Waals surface area contributed by atoms with Gasteiger partial charge in [0.25, 0.3) is 0 Å². The minimum Gasteiger partial charge on any atom is -0.326 e. The van der Waals surface area contributed by atoms with E-state index in [1.807, 2.05) is 66.9 Å². The highest BCUT2D eigenvalue weighted by Gasteiger charge is 2.11. The molecular weight excluding hydrogens is 400 g/mol. The van der Waals surface area contributed by atoms with Gasteiger partial charge in [0.2, 0.25) is 11.8 Å². The van der Waals surface area contributed by atoms with Crippen LogP contribution in [0, 0.1) is 0 Å². The lowest BCUT2D eigenvalue weighted by Crippen LogP contribution is -2.09. The number of rotatable bonds is 6.